The fourth-order valence-electron chi connectivity index (χ4n) is 2.86. The second-order valence-electron chi connectivity index (χ2n) is 5.90. The smallest absolute Gasteiger partial charge is 0.243 e. The summed E-state index contributed by atoms with van der Waals surface area (Å²) in [5.74, 6) is 0. The highest BCUT2D eigenvalue weighted by Gasteiger charge is 2.32. The standard InChI is InChI=1S/C17H18ClN3O2S2/c1-13-4-5-14(11-15(13)18)25(22,23)21-8-6-20(7-9-21)16(12-19)17-3-2-10-24-17/h2-5,10-11,16H,6-9H2,1H3. The summed E-state index contributed by atoms with van der Waals surface area (Å²) >= 11 is 7.62. The number of piperazine rings is 1. The number of nitriles is 1. The molecule has 1 fully saturated rings. The molecule has 1 unspecified atom stereocenters. The lowest BCUT2D eigenvalue weighted by Crippen LogP contribution is -2.49. The van der Waals surface area contributed by atoms with E-state index in [-0.39, 0.29) is 10.9 Å². The summed E-state index contributed by atoms with van der Waals surface area (Å²) in [6.07, 6.45) is 0. The number of hydrogen-bond donors (Lipinski definition) is 0. The molecular formula is C17H18ClN3O2S2. The van der Waals surface area contributed by atoms with Crippen LogP contribution in [-0.4, -0.2) is 43.8 Å². The highest BCUT2D eigenvalue weighted by atomic mass is 35.5. The van der Waals surface area contributed by atoms with E-state index < -0.39 is 10.0 Å². The Hall–Kier alpha value is -1.43. The molecule has 1 aromatic heterocycles. The van der Waals surface area contributed by atoms with E-state index in [0.29, 0.717) is 31.2 Å². The van der Waals surface area contributed by atoms with Crippen LogP contribution in [0.25, 0.3) is 0 Å². The molecule has 0 bridgehead atoms. The van der Waals surface area contributed by atoms with Gasteiger partial charge < -0.3 is 0 Å². The summed E-state index contributed by atoms with van der Waals surface area (Å²) < 4.78 is 27.1. The summed E-state index contributed by atoms with van der Waals surface area (Å²) in [7, 11) is -3.57. The van der Waals surface area contributed by atoms with Crippen molar-refractivity contribution in [2.75, 3.05) is 26.2 Å². The number of nitrogens with zero attached hydrogens (tertiary/aromatic N) is 3. The number of rotatable bonds is 4. The number of halogens is 1. The molecule has 0 N–H and O–H groups in total. The normalized spacial score (nSPS) is 18.0. The van der Waals surface area contributed by atoms with Crippen LogP contribution in [0.5, 0.6) is 0 Å². The number of benzene rings is 1. The average Bonchev–Trinajstić information content (AvgIpc) is 3.13. The molecule has 0 aliphatic carbocycles. The van der Waals surface area contributed by atoms with Crippen molar-refractivity contribution in [1.29, 1.82) is 5.26 Å². The third-order valence-electron chi connectivity index (χ3n) is 4.35. The summed E-state index contributed by atoms with van der Waals surface area (Å²) in [6.45, 7) is 3.60. The lowest BCUT2D eigenvalue weighted by molar-refractivity contribution is 0.164. The number of thiophene rings is 1. The number of aryl methyl sites for hydroxylation is 1. The van der Waals surface area contributed by atoms with E-state index in [1.54, 1.807) is 23.5 Å². The topological polar surface area (TPSA) is 64.4 Å². The van der Waals surface area contributed by atoms with Gasteiger partial charge in [-0.25, -0.2) is 8.42 Å². The molecule has 8 heteroatoms. The van der Waals surface area contributed by atoms with Gasteiger partial charge in [-0.2, -0.15) is 9.57 Å². The minimum Gasteiger partial charge on any atom is -0.281 e. The molecule has 0 radical (unpaired) electrons. The van der Waals surface area contributed by atoms with Crippen LogP contribution in [0.2, 0.25) is 5.02 Å². The third-order valence-corrected chi connectivity index (χ3v) is 7.58. The molecule has 1 aromatic carbocycles. The van der Waals surface area contributed by atoms with E-state index in [0.717, 1.165) is 10.4 Å². The third kappa shape index (κ3) is 3.73. The number of sulfonamides is 1. The van der Waals surface area contributed by atoms with Crippen molar-refractivity contribution >= 4 is 33.0 Å². The first-order valence-electron chi connectivity index (χ1n) is 7.87. The maximum atomic E-state index is 12.8. The van der Waals surface area contributed by atoms with Crippen LogP contribution in [0.1, 0.15) is 16.5 Å². The molecule has 3 rings (SSSR count). The van der Waals surface area contributed by atoms with Crippen LogP contribution in [-0.2, 0) is 10.0 Å². The lowest BCUT2D eigenvalue weighted by atomic mass is 10.2. The van der Waals surface area contributed by atoms with Crippen LogP contribution in [0.3, 0.4) is 0 Å². The molecule has 2 heterocycles. The zero-order valence-electron chi connectivity index (χ0n) is 13.7. The lowest BCUT2D eigenvalue weighted by Gasteiger charge is -2.35. The van der Waals surface area contributed by atoms with Crippen molar-refractivity contribution in [3.8, 4) is 6.07 Å². The Balaban J connectivity index is 1.73. The Kier molecular flexibility index (Phi) is 5.46. The fraction of sp³-hybridized carbons (Fsp3) is 0.353. The first-order chi connectivity index (χ1) is 11.9. The van der Waals surface area contributed by atoms with E-state index in [1.807, 2.05) is 29.3 Å². The van der Waals surface area contributed by atoms with Crippen LogP contribution >= 0.6 is 22.9 Å². The minimum atomic E-state index is -3.57. The van der Waals surface area contributed by atoms with Crippen LogP contribution in [0.4, 0.5) is 0 Å². The van der Waals surface area contributed by atoms with Crippen molar-refractivity contribution in [1.82, 2.24) is 9.21 Å². The summed E-state index contributed by atoms with van der Waals surface area (Å²) in [5, 5.41) is 11.9. The molecular weight excluding hydrogens is 378 g/mol. The van der Waals surface area contributed by atoms with Crippen molar-refractivity contribution in [2.24, 2.45) is 0 Å². The number of hydrogen-bond acceptors (Lipinski definition) is 5. The Labute approximate surface area is 157 Å². The maximum absolute atomic E-state index is 12.8. The molecule has 1 aliphatic rings. The first kappa shape index (κ1) is 18.4. The Morgan fingerprint density at radius 3 is 2.52 bits per heavy atom. The highest BCUT2D eigenvalue weighted by Crippen LogP contribution is 2.28. The second-order valence-corrected chi connectivity index (χ2v) is 9.22. The molecule has 25 heavy (non-hydrogen) atoms. The van der Waals surface area contributed by atoms with Gasteiger partial charge in [-0.1, -0.05) is 23.7 Å². The van der Waals surface area contributed by atoms with Gasteiger partial charge in [-0.3, -0.25) is 4.90 Å². The van der Waals surface area contributed by atoms with Crippen LogP contribution in [0.15, 0.2) is 40.6 Å². The molecule has 1 saturated heterocycles. The molecule has 1 aliphatic heterocycles. The monoisotopic (exact) mass is 395 g/mol. The SMILES string of the molecule is Cc1ccc(S(=O)(=O)N2CCN(C(C#N)c3cccs3)CC2)cc1Cl. The van der Waals surface area contributed by atoms with Gasteiger partial charge in [0.15, 0.2) is 0 Å². The molecule has 2 aromatic rings. The van der Waals surface area contributed by atoms with E-state index in [4.69, 9.17) is 11.6 Å². The second kappa shape index (κ2) is 7.44. The summed E-state index contributed by atoms with van der Waals surface area (Å²) in [5.41, 5.74) is 0.846. The Bertz CT molecular complexity index is 883. The van der Waals surface area contributed by atoms with E-state index >= 15 is 0 Å². The summed E-state index contributed by atoms with van der Waals surface area (Å²) in [6, 6.07) is 10.7. The fourth-order valence-corrected chi connectivity index (χ4v) is 5.35. The van der Waals surface area contributed by atoms with Gasteiger partial charge in [-0.05, 0) is 36.1 Å². The van der Waals surface area contributed by atoms with Gasteiger partial charge in [0.2, 0.25) is 10.0 Å². The van der Waals surface area contributed by atoms with Crippen molar-refractivity contribution < 1.29 is 8.42 Å². The van der Waals surface area contributed by atoms with Gasteiger partial charge in [-0.15, -0.1) is 11.3 Å². The first-order valence-corrected chi connectivity index (χ1v) is 10.6. The van der Waals surface area contributed by atoms with Crippen molar-refractivity contribution in [3.05, 3.63) is 51.2 Å². The van der Waals surface area contributed by atoms with Crippen LogP contribution < -0.4 is 0 Å². The van der Waals surface area contributed by atoms with Gasteiger partial charge in [0.25, 0.3) is 0 Å². The van der Waals surface area contributed by atoms with Crippen molar-refractivity contribution in [2.45, 2.75) is 17.9 Å². The zero-order valence-corrected chi connectivity index (χ0v) is 16.1. The van der Waals surface area contributed by atoms with E-state index in [9.17, 15) is 13.7 Å². The summed E-state index contributed by atoms with van der Waals surface area (Å²) in [4.78, 5) is 3.23. The molecule has 0 spiro atoms. The largest absolute Gasteiger partial charge is 0.281 e. The predicted molar refractivity (Wildman–Crippen MR) is 99.2 cm³/mol. The van der Waals surface area contributed by atoms with Gasteiger partial charge in [0.1, 0.15) is 6.04 Å². The quantitative estimate of drug-likeness (QED) is 0.796. The van der Waals surface area contributed by atoms with Crippen molar-refractivity contribution in [3.63, 3.8) is 0 Å². The molecule has 132 valence electrons. The predicted octanol–water partition coefficient (Wildman–Crippen LogP) is 3.28. The van der Waals surface area contributed by atoms with Gasteiger partial charge in [0.05, 0.1) is 11.0 Å². The molecule has 0 saturated carbocycles. The molecule has 0 amide bonds. The molecule has 5 nitrogen and oxygen atoms in total. The van der Waals surface area contributed by atoms with Crippen LogP contribution in [0, 0.1) is 18.3 Å². The zero-order chi connectivity index (χ0) is 18.0. The maximum Gasteiger partial charge on any atom is 0.243 e. The average molecular weight is 396 g/mol. The molecule has 1 atom stereocenters. The Morgan fingerprint density at radius 2 is 1.96 bits per heavy atom. The van der Waals surface area contributed by atoms with Gasteiger partial charge >= 0.3 is 0 Å². The van der Waals surface area contributed by atoms with Gasteiger partial charge in [0, 0.05) is 36.1 Å². The van der Waals surface area contributed by atoms with E-state index in [2.05, 4.69) is 6.07 Å². The minimum absolute atomic E-state index is 0.214. The van der Waals surface area contributed by atoms with E-state index in [1.165, 1.54) is 10.4 Å². The highest BCUT2D eigenvalue weighted by molar-refractivity contribution is 7.89. The Morgan fingerprint density at radius 1 is 1.24 bits per heavy atom.